The van der Waals surface area contributed by atoms with Gasteiger partial charge in [0.2, 0.25) is 0 Å². The molecule has 2 heterocycles. The molecule has 2 aliphatic rings. The first-order chi connectivity index (χ1) is 9.35. The molecule has 2 fully saturated rings. The highest BCUT2D eigenvalue weighted by Crippen LogP contribution is 2.30. The summed E-state index contributed by atoms with van der Waals surface area (Å²) in [5.41, 5.74) is 1.36. The van der Waals surface area contributed by atoms with Gasteiger partial charge in [-0.3, -0.25) is 9.58 Å². The lowest BCUT2D eigenvalue weighted by Crippen LogP contribution is -2.38. The van der Waals surface area contributed by atoms with Crippen LogP contribution in [0.3, 0.4) is 0 Å². The van der Waals surface area contributed by atoms with Crippen LogP contribution in [0.1, 0.15) is 38.3 Å². The van der Waals surface area contributed by atoms with Gasteiger partial charge in [0.15, 0.2) is 0 Å². The van der Waals surface area contributed by atoms with Gasteiger partial charge in [-0.1, -0.05) is 0 Å². The molecule has 1 aliphatic heterocycles. The van der Waals surface area contributed by atoms with Crippen molar-refractivity contribution in [2.24, 2.45) is 5.92 Å². The highest BCUT2D eigenvalue weighted by atomic mass is 15.3. The average molecular weight is 262 g/mol. The number of hydrogen-bond donors (Lipinski definition) is 1. The molecule has 0 aromatic carbocycles. The second kappa shape index (κ2) is 6.06. The Morgan fingerprint density at radius 1 is 1.37 bits per heavy atom. The lowest BCUT2D eigenvalue weighted by atomic mass is 10.2. The van der Waals surface area contributed by atoms with Crippen LogP contribution in [0, 0.1) is 5.92 Å². The third-order valence-electron chi connectivity index (χ3n) is 4.34. The van der Waals surface area contributed by atoms with Crippen molar-refractivity contribution in [2.75, 3.05) is 19.6 Å². The molecule has 1 aromatic rings. The zero-order valence-electron chi connectivity index (χ0n) is 12.0. The van der Waals surface area contributed by atoms with Crippen LogP contribution in [0.25, 0.3) is 0 Å². The standard InChI is InChI=1S/C15H26N4/c1-2-19-15(7-9-17-19)12-18(10-13-5-6-13)11-14-4-3-8-16-14/h7,9,13-14,16H,2-6,8,10-12H2,1H3. The second-order valence-electron chi connectivity index (χ2n) is 6.07. The highest BCUT2D eigenvalue weighted by molar-refractivity contribution is 5.01. The molecule has 1 saturated heterocycles. The quantitative estimate of drug-likeness (QED) is 0.814. The number of hydrogen-bond acceptors (Lipinski definition) is 3. The highest BCUT2D eigenvalue weighted by Gasteiger charge is 2.26. The van der Waals surface area contributed by atoms with Gasteiger partial charge in [0.05, 0.1) is 5.69 Å². The third kappa shape index (κ3) is 3.57. The van der Waals surface area contributed by atoms with Crippen LogP contribution in [0.4, 0.5) is 0 Å². The van der Waals surface area contributed by atoms with Crippen molar-refractivity contribution < 1.29 is 0 Å². The Kier molecular flexibility index (Phi) is 4.18. The Hall–Kier alpha value is -0.870. The fourth-order valence-electron chi connectivity index (χ4n) is 3.10. The first-order valence-electron chi connectivity index (χ1n) is 7.81. The molecule has 19 heavy (non-hydrogen) atoms. The van der Waals surface area contributed by atoms with Gasteiger partial charge in [-0.15, -0.1) is 0 Å². The molecule has 3 rings (SSSR count). The number of aromatic nitrogens is 2. The summed E-state index contributed by atoms with van der Waals surface area (Å²) in [7, 11) is 0. The molecular weight excluding hydrogens is 236 g/mol. The third-order valence-corrected chi connectivity index (χ3v) is 4.34. The fourth-order valence-corrected chi connectivity index (χ4v) is 3.10. The summed E-state index contributed by atoms with van der Waals surface area (Å²) >= 11 is 0. The lowest BCUT2D eigenvalue weighted by molar-refractivity contribution is 0.225. The van der Waals surface area contributed by atoms with E-state index in [-0.39, 0.29) is 0 Å². The first kappa shape index (κ1) is 13.1. The maximum Gasteiger partial charge on any atom is 0.0524 e. The molecule has 4 nitrogen and oxygen atoms in total. The van der Waals surface area contributed by atoms with Gasteiger partial charge in [0, 0.05) is 38.4 Å². The van der Waals surface area contributed by atoms with E-state index in [9.17, 15) is 0 Å². The summed E-state index contributed by atoms with van der Waals surface area (Å²) < 4.78 is 2.13. The number of aryl methyl sites for hydroxylation is 1. The predicted octanol–water partition coefficient (Wildman–Crippen LogP) is 1.87. The molecule has 1 atom stereocenters. The van der Waals surface area contributed by atoms with Crippen LogP contribution in [0.2, 0.25) is 0 Å². The maximum absolute atomic E-state index is 4.39. The van der Waals surface area contributed by atoms with Crippen LogP contribution in [-0.4, -0.2) is 40.4 Å². The molecule has 1 N–H and O–H groups in total. The summed E-state index contributed by atoms with van der Waals surface area (Å²) in [6.45, 7) is 7.87. The van der Waals surface area contributed by atoms with E-state index >= 15 is 0 Å². The molecule has 0 radical (unpaired) electrons. The summed E-state index contributed by atoms with van der Waals surface area (Å²) in [5, 5.41) is 8.01. The van der Waals surface area contributed by atoms with Gasteiger partial charge in [-0.05, 0) is 51.1 Å². The van der Waals surface area contributed by atoms with Gasteiger partial charge >= 0.3 is 0 Å². The second-order valence-corrected chi connectivity index (χ2v) is 6.07. The number of nitrogens with zero attached hydrogens (tertiary/aromatic N) is 3. The largest absolute Gasteiger partial charge is 0.313 e. The molecule has 0 spiro atoms. The summed E-state index contributed by atoms with van der Waals surface area (Å²) in [4.78, 5) is 2.64. The van der Waals surface area contributed by atoms with Gasteiger partial charge in [-0.25, -0.2) is 0 Å². The predicted molar refractivity (Wildman–Crippen MR) is 76.9 cm³/mol. The monoisotopic (exact) mass is 262 g/mol. The zero-order valence-corrected chi connectivity index (χ0v) is 12.0. The van der Waals surface area contributed by atoms with E-state index < -0.39 is 0 Å². The van der Waals surface area contributed by atoms with Crippen molar-refractivity contribution >= 4 is 0 Å². The smallest absolute Gasteiger partial charge is 0.0524 e. The Morgan fingerprint density at radius 2 is 2.26 bits per heavy atom. The van der Waals surface area contributed by atoms with Gasteiger partial charge < -0.3 is 5.32 Å². The van der Waals surface area contributed by atoms with E-state index in [0.29, 0.717) is 6.04 Å². The molecular formula is C15H26N4. The van der Waals surface area contributed by atoms with Crippen LogP contribution in [0.15, 0.2) is 12.3 Å². The molecule has 0 amide bonds. The van der Waals surface area contributed by atoms with Crippen LogP contribution < -0.4 is 5.32 Å². The van der Waals surface area contributed by atoms with Crippen LogP contribution in [0.5, 0.6) is 0 Å². The van der Waals surface area contributed by atoms with Crippen molar-refractivity contribution in [3.05, 3.63) is 18.0 Å². The molecule has 1 saturated carbocycles. The normalized spacial score (nSPS) is 23.4. The zero-order chi connectivity index (χ0) is 13.1. The molecule has 4 heteroatoms. The van der Waals surface area contributed by atoms with Crippen molar-refractivity contribution in [1.29, 1.82) is 0 Å². The minimum Gasteiger partial charge on any atom is -0.313 e. The van der Waals surface area contributed by atoms with E-state index in [0.717, 1.165) is 19.0 Å². The Morgan fingerprint density at radius 3 is 2.95 bits per heavy atom. The Bertz CT molecular complexity index is 391. The average Bonchev–Trinajstić information content (AvgIpc) is 2.91. The van der Waals surface area contributed by atoms with E-state index in [2.05, 4.69) is 33.0 Å². The van der Waals surface area contributed by atoms with E-state index in [1.54, 1.807) is 0 Å². The Labute approximate surface area is 116 Å². The molecule has 106 valence electrons. The molecule has 1 aromatic heterocycles. The molecule has 1 aliphatic carbocycles. The van der Waals surface area contributed by atoms with E-state index in [4.69, 9.17) is 0 Å². The van der Waals surface area contributed by atoms with Crippen molar-refractivity contribution in [2.45, 2.75) is 51.7 Å². The lowest BCUT2D eigenvalue weighted by Gasteiger charge is -2.25. The molecule has 1 unspecified atom stereocenters. The van der Waals surface area contributed by atoms with Gasteiger partial charge in [0.1, 0.15) is 0 Å². The Balaban J connectivity index is 1.60. The van der Waals surface area contributed by atoms with Crippen LogP contribution in [-0.2, 0) is 13.1 Å². The first-order valence-corrected chi connectivity index (χ1v) is 7.81. The van der Waals surface area contributed by atoms with Gasteiger partial charge in [0.25, 0.3) is 0 Å². The number of nitrogens with one attached hydrogen (secondary N) is 1. The summed E-state index contributed by atoms with van der Waals surface area (Å²) in [6.07, 6.45) is 7.48. The SMILES string of the molecule is CCn1nccc1CN(CC1CC1)CC1CCCN1. The van der Waals surface area contributed by atoms with Crippen molar-refractivity contribution in [3.63, 3.8) is 0 Å². The fraction of sp³-hybridized carbons (Fsp3) is 0.800. The molecule has 0 bridgehead atoms. The van der Waals surface area contributed by atoms with E-state index in [1.165, 1.54) is 51.0 Å². The van der Waals surface area contributed by atoms with Crippen molar-refractivity contribution in [1.82, 2.24) is 20.0 Å². The van der Waals surface area contributed by atoms with Gasteiger partial charge in [-0.2, -0.15) is 5.10 Å². The minimum absolute atomic E-state index is 0.705. The van der Waals surface area contributed by atoms with Crippen molar-refractivity contribution in [3.8, 4) is 0 Å². The number of rotatable bonds is 7. The van der Waals surface area contributed by atoms with Crippen LogP contribution >= 0.6 is 0 Å². The summed E-state index contributed by atoms with van der Waals surface area (Å²) in [5.74, 6) is 0.958. The summed E-state index contributed by atoms with van der Waals surface area (Å²) in [6, 6.07) is 2.88. The van der Waals surface area contributed by atoms with E-state index in [1.807, 2.05) is 6.20 Å². The minimum atomic E-state index is 0.705. The topological polar surface area (TPSA) is 33.1 Å². The maximum atomic E-state index is 4.39.